The smallest absolute Gasteiger partial charge is 0.243 e. The molecule has 1 aromatic carbocycles. The van der Waals surface area contributed by atoms with Crippen LogP contribution in [0.3, 0.4) is 0 Å². The minimum Gasteiger partial charge on any atom is -0.365 e. The van der Waals surface area contributed by atoms with E-state index in [4.69, 9.17) is 4.74 Å². The molecule has 1 aliphatic heterocycles. The van der Waals surface area contributed by atoms with E-state index in [1.54, 1.807) is 31.2 Å². The highest BCUT2D eigenvalue weighted by Gasteiger charge is 2.31. The number of hydroxylamine groups is 2. The van der Waals surface area contributed by atoms with Crippen LogP contribution >= 0.6 is 0 Å². The number of nitrogens with zero attached hydrogens (tertiary/aromatic N) is 2. The topological polar surface area (TPSA) is 87.2 Å². The van der Waals surface area contributed by atoms with Gasteiger partial charge in [0, 0.05) is 13.1 Å². The van der Waals surface area contributed by atoms with Crippen molar-refractivity contribution in [2.45, 2.75) is 37.2 Å². The minimum absolute atomic E-state index is 0.0214. The molecule has 2 rings (SSSR count). The first-order valence-electron chi connectivity index (χ1n) is 8.49. The van der Waals surface area contributed by atoms with Crippen LogP contribution in [0.15, 0.2) is 29.2 Å². The van der Waals surface area contributed by atoms with Gasteiger partial charge in [-0.25, -0.2) is 13.5 Å². The molecular weight excluding hydrogens is 356 g/mol. The molecular formula is C18H24N2O5S. The van der Waals surface area contributed by atoms with E-state index in [9.17, 15) is 18.4 Å². The predicted molar refractivity (Wildman–Crippen MR) is 95.9 cm³/mol. The zero-order valence-corrected chi connectivity index (χ0v) is 15.6. The van der Waals surface area contributed by atoms with Gasteiger partial charge >= 0.3 is 0 Å². The molecule has 8 heteroatoms. The van der Waals surface area contributed by atoms with E-state index in [0.717, 1.165) is 0 Å². The Bertz CT molecular complexity index is 761. The first-order valence-corrected chi connectivity index (χ1v) is 9.93. The summed E-state index contributed by atoms with van der Waals surface area (Å²) in [4.78, 5) is 10.7. The van der Waals surface area contributed by atoms with Gasteiger partial charge in [0.15, 0.2) is 0 Å². The summed E-state index contributed by atoms with van der Waals surface area (Å²) in [6, 6.07) is 6.68. The fraction of sp³-hybridized carbons (Fsp3) is 0.500. The summed E-state index contributed by atoms with van der Waals surface area (Å²) in [5.74, 6) is 5.61. The first-order chi connectivity index (χ1) is 12.5. The second-order valence-electron chi connectivity index (χ2n) is 5.97. The summed E-state index contributed by atoms with van der Waals surface area (Å²) in [6.45, 7) is 2.93. The lowest BCUT2D eigenvalue weighted by Crippen LogP contribution is -2.41. The fourth-order valence-electron chi connectivity index (χ4n) is 2.86. The number of piperidine rings is 1. The molecule has 0 unspecified atom stereocenters. The van der Waals surface area contributed by atoms with E-state index >= 15 is 0 Å². The molecule has 1 heterocycles. The molecule has 142 valence electrons. The summed E-state index contributed by atoms with van der Waals surface area (Å²) in [7, 11) is -3.63. The summed E-state index contributed by atoms with van der Waals surface area (Å²) < 4.78 is 33.1. The molecule has 0 atom stereocenters. The highest BCUT2D eigenvalue weighted by molar-refractivity contribution is 7.89. The van der Waals surface area contributed by atoms with Gasteiger partial charge in [0.1, 0.15) is 6.61 Å². The van der Waals surface area contributed by atoms with Gasteiger partial charge < -0.3 is 4.74 Å². The molecule has 0 spiro atoms. The van der Waals surface area contributed by atoms with Crippen LogP contribution in [0.5, 0.6) is 0 Å². The molecule has 0 bridgehead atoms. The van der Waals surface area contributed by atoms with E-state index in [1.807, 2.05) is 0 Å². The molecule has 0 saturated carbocycles. The standard InChI is InChI=1S/C18H24N2O5S/c1-2-3-14-25-17-9-12-20(13-10-17)26(23,24)18-7-5-4-6-16(18)8-11-19(22)15-21/h4-7,15,17,22H,8-14H2,1H3. The Morgan fingerprint density at radius 2 is 2.04 bits per heavy atom. The average Bonchev–Trinajstić information content (AvgIpc) is 2.67. The van der Waals surface area contributed by atoms with Gasteiger partial charge in [-0.2, -0.15) is 4.31 Å². The number of amides is 1. The van der Waals surface area contributed by atoms with Crippen molar-refractivity contribution in [3.05, 3.63) is 29.8 Å². The zero-order valence-electron chi connectivity index (χ0n) is 14.8. The quantitative estimate of drug-likeness (QED) is 0.318. The number of rotatable bonds is 8. The number of carbonyl (C=O) groups is 1. The summed E-state index contributed by atoms with van der Waals surface area (Å²) >= 11 is 0. The fourth-order valence-corrected chi connectivity index (χ4v) is 4.58. The normalized spacial score (nSPS) is 15.9. The molecule has 1 aromatic rings. The van der Waals surface area contributed by atoms with E-state index in [1.165, 1.54) is 4.31 Å². The molecule has 1 fully saturated rings. The summed E-state index contributed by atoms with van der Waals surface area (Å²) in [5.41, 5.74) is 0.574. The Balaban J connectivity index is 2.06. The van der Waals surface area contributed by atoms with Gasteiger partial charge in [-0.05, 0) is 37.8 Å². The molecule has 1 amide bonds. The zero-order chi connectivity index (χ0) is 19.0. The van der Waals surface area contributed by atoms with Crippen molar-refractivity contribution in [1.82, 2.24) is 9.37 Å². The van der Waals surface area contributed by atoms with Gasteiger partial charge in [-0.15, -0.1) is 5.92 Å². The average molecular weight is 380 g/mol. The number of hydrogen-bond acceptors (Lipinski definition) is 5. The number of hydrogen-bond donors (Lipinski definition) is 1. The molecule has 0 radical (unpaired) electrons. The second kappa shape index (κ2) is 9.69. The van der Waals surface area contributed by atoms with Crippen molar-refractivity contribution in [2.75, 3.05) is 26.2 Å². The SMILES string of the molecule is CC#CCOC1CCN(S(=O)(=O)c2ccccc2CCN(O)C=O)CC1. The molecule has 0 aromatic heterocycles. The van der Waals surface area contributed by atoms with Crippen LogP contribution in [-0.2, 0) is 26.0 Å². The summed E-state index contributed by atoms with van der Waals surface area (Å²) in [5, 5.41) is 9.77. The molecule has 26 heavy (non-hydrogen) atoms. The lowest BCUT2D eigenvalue weighted by atomic mass is 10.1. The third kappa shape index (κ3) is 5.29. The van der Waals surface area contributed by atoms with E-state index in [0.29, 0.717) is 49.6 Å². The Labute approximate surface area is 154 Å². The Morgan fingerprint density at radius 1 is 1.35 bits per heavy atom. The van der Waals surface area contributed by atoms with Crippen molar-refractivity contribution in [3.8, 4) is 11.8 Å². The molecule has 1 N–H and O–H groups in total. The van der Waals surface area contributed by atoms with E-state index < -0.39 is 10.0 Å². The van der Waals surface area contributed by atoms with Gasteiger partial charge in [-0.3, -0.25) is 10.0 Å². The largest absolute Gasteiger partial charge is 0.365 e. The molecule has 7 nitrogen and oxygen atoms in total. The van der Waals surface area contributed by atoms with Crippen LogP contribution in [0.1, 0.15) is 25.3 Å². The van der Waals surface area contributed by atoms with Gasteiger partial charge in [0.2, 0.25) is 16.4 Å². The predicted octanol–water partition coefficient (Wildman–Crippen LogP) is 1.27. The number of sulfonamides is 1. The Morgan fingerprint density at radius 3 is 2.69 bits per heavy atom. The summed E-state index contributed by atoms with van der Waals surface area (Å²) in [6.07, 6.45) is 1.82. The van der Waals surface area contributed by atoms with Crippen LogP contribution in [0, 0.1) is 11.8 Å². The maximum atomic E-state index is 13.0. The Hall–Kier alpha value is -1.92. The van der Waals surface area contributed by atoms with Gasteiger partial charge in [0.05, 0.1) is 17.5 Å². The lowest BCUT2D eigenvalue weighted by molar-refractivity contribution is -0.149. The van der Waals surface area contributed by atoms with Crippen LogP contribution in [0.4, 0.5) is 0 Å². The number of carbonyl (C=O) groups excluding carboxylic acids is 1. The van der Waals surface area contributed by atoms with Gasteiger partial charge in [0.25, 0.3) is 0 Å². The van der Waals surface area contributed by atoms with Crippen molar-refractivity contribution in [1.29, 1.82) is 0 Å². The molecule has 1 aliphatic rings. The van der Waals surface area contributed by atoms with E-state index in [-0.39, 0.29) is 24.0 Å². The number of ether oxygens (including phenoxy) is 1. The van der Waals surface area contributed by atoms with Crippen LogP contribution in [-0.4, -0.2) is 61.7 Å². The van der Waals surface area contributed by atoms with Crippen LogP contribution in [0.2, 0.25) is 0 Å². The Kier molecular flexibility index (Phi) is 7.60. The van der Waals surface area contributed by atoms with Crippen molar-refractivity contribution in [3.63, 3.8) is 0 Å². The van der Waals surface area contributed by atoms with Crippen LogP contribution in [0.25, 0.3) is 0 Å². The first kappa shape index (κ1) is 20.4. The monoisotopic (exact) mass is 380 g/mol. The van der Waals surface area contributed by atoms with Gasteiger partial charge in [-0.1, -0.05) is 24.1 Å². The minimum atomic E-state index is -3.63. The lowest BCUT2D eigenvalue weighted by Gasteiger charge is -2.31. The third-order valence-electron chi connectivity index (χ3n) is 4.29. The molecule has 1 saturated heterocycles. The maximum absolute atomic E-state index is 13.0. The van der Waals surface area contributed by atoms with Crippen molar-refractivity contribution < 1.29 is 23.2 Å². The highest BCUT2D eigenvalue weighted by atomic mass is 32.2. The van der Waals surface area contributed by atoms with Crippen LogP contribution < -0.4 is 0 Å². The highest BCUT2D eigenvalue weighted by Crippen LogP contribution is 2.25. The third-order valence-corrected chi connectivity index (χ3v) is 6.29. The van der Waals surface area contributed by atoms with E-state index in [2.05, 4.69) is 11.8 Å². The molecule has 0 aliphatic carbocycles. The maximum Gasteiger partial charge on any atom is 0.243 e. The second-order valence-corrected chi connectivity index (χ2v) is 7.87. The van der Waals surface area contributed by atoms with Crippen molar-refractivity contribution in [2.24, 2.45) is 0 Å². The number of benzene rings is 1. The van der Waals surface area contributed by atoms with Crippen molar-refractivity contribution >= 4 is 16.4 Å².